The normalized spacial score (nSPS) is 19.1. The highest BCUT2D eigenvalue weighted by Gasteiger charge is 2.38. The Labute approximate surface area is 143 Å². The Morgan fingerprint density at radius 2 is 1.80 bits per heavy atom. The van der Waals surface area contributed by atoms with Gasteiger partial charge in [-0.1, -0.05) is 0 Å². The zero-order chi connectivity index (χ0) is 19.1. The number of hydrogen-bond donors (Lipinski definition) is 5. The molecule has 11 heteroatoms. The summed E-state index contributed by atoms with van der Waals surface area (Å²) in [5.41, 5.74) is 15.6. The molecule has 11 nitrogen and oxygen atoms in total. The van der Waals surface area contributed by atoms with Crippen molar-refractivity contribution >= 4 is 29.6 Å². The number of nitrogens with zero attached hydrogens (tertiary/aromatic N) is 1. The second-order valence-electron chi connectivity index (χ2n) is 5.87. The molecule has 1 rings (SSSR count). The number of hydrogen-bond acceptors (Lipinski definition) is 6. The summed E-state index contributed by atoms with van der Waals surface area (Å²) in [6, 6.07) is -3.41. The molecule has 0 aromatic carbocycles. The fourth-order valence-corrected chi connectivity index (χ4v) is 2.62. The van der Waals surface area contributed by atoms with Gasteiger partial charge in [0.25, 0.3) is 0 Å². The first-order valence-corrected chi connectivity index (χ1v) is 7.79. The molecule has 4 amide bonds. The van der Waals surface area contributed by atoms with E-state index in [1.165, 1.54) is 0 Å². The number of carboxylic acids is 1. The van der Waals surface area contributed by atoms with Gasteiger partial charge in [0.1, 0.15) is 12.1 Å². The summed E-state index contributed by atoms with van der Waals surface area (Å²) in [6.07, 6.45) is 0.114. The van der Waals surface area contributed by atoms with Crippen LogP contribution in [0.25, 0.3) is 0 Å². The number of primary amides is 2. The van der Waals surface area contributed by atoms with Crippen LogP contribution in [-0.4, -0.2) is 64.3 Å². The van der Waals surface area contributed by atoms with Crippen molar-refractivity contribution in [2.75, 3.05) is 6.54 Å². The van der Waals surface area contributed by atoms with Crippen molar-refractivity contribution in [2.24, 2.45) is 17.2 Å². The van der Waals surface area contributed by atoms with E-state index in [4.69, 9.17) is 17.2 Å². The molecule has 0 bridgehead atoms. The molecule has 0 aromatic heterocycles. The molecule has 1 aliphatic rings. The van der Waals surface area contributed by atoms with Gasteiger partial charge in [0, 0.05) is 13.0 Å². The van der Waals surface area contributed by atoms with Crippen LogP contribution in [0.1, 0.15) is 32.1 Å². The minimum absolute atomic E-state index is 0.105. The predicted molar refractivity (Wildman–Crippen MR) is 84.5 cm³/mol. The minimum Gasteiger partial charge on any atom is -0.480 e. The average Bonchev–Trinajstić information content (AvgIpc) is 2.99. The maximum atomic E-state index is 12.6. The number of likely N-dealkylation sites (tertiary alicyclic amines) is 1. The van der Waals surface area contributed by atoms with Crippen LogP contribution in [0.5, 0.6) is 0 Å². The summed E-state index contributed by atoms with van der Waals surface area (Å²) in [5.74, 6) is -4.03. The number of amides is 4. The predicted octanol–water partition coefficient (Wildman–Crippen LogP) is -2.98. The first kappa shape index (κ1) is 20.4. The molecule has 25 heavy (non-hydrogen) atoms. The van der Waals surface area contributed by atoms with Gasteiger partial charge in [-0.25, -0.2) is 4.79 Å². The molecule has 0 saturated carbocycles. The van der Waals surface area contributed by atoms with Crippen LogP contribution in [0, 0.1) is 0 Å². The first-order valence-electron chi connectivity index (χ1n) is 7.79. The molecule has 140 valence electrons. The largest absolute Gasteiger partial charge is 0.480 e. The molecule has 0 aromatic rings. The monoisotopic (exact) mass is 357 g/mol. The zero-order valence-corrected chi connectivity index (χ0v) is 13.6. The van der Waals surface area contributed by atoms with Crippen molar-refractivity contribution in [3.63, 3.8) is 0 Å². The van der Waals surface area contributed by atoms with Crippen molar-refractivity contribution in [1.29, 1.82) is 0 Å². The van der Waals surface area contributed by atoms with Crippen LogP contribution in [0.2, 0.25) is 0 Å². The first-order chi connectivity index (χ1) is 11.6. The topological polar surface area (TPSA) is 199 Å². The Bertz CT molecular complexity index is 566. The Balaban J connectivity index is 2.86. The van der Waals surface area contributed by atoms with Crippen LogP contribution in [0.3, 0.4) is 0 Å². The molecule has 0 aliphatic carbocycles. The van der Waals surface area contributed by atoms with E-state index in [0.717, 1.165) is 4.90 Å². The molecule has 3 atom stereocenters. The molecule has 0 radical (unpaired) electrons. The van der Waals surface area contributed by atoms with Crippen LogP contribution < -0.4 is 22.5 Å². The molecule has 0 spiro atoms. The zero-order valence-electron chi connectivity index (χ0n) is 13.6. The molecule has 0 unspecified atom stereocenters. The fourth-order valence-electron chi connectivity index (χ4n) is 2.62. The Morgan fingerprint density at radius 3 is 2.32 bits per heavy atom. The lowest BCUT2D eigenvalue weighted by atomic mass is 10.1. The standard InChI is InChI=1S/C14H23N5O6/c15-7(6-11(17)21)12(22)18-8(3-4-10(16)20)13(23)19-5-1-2-9(19)14(24)25/h7-9H,1-6,15H2,(H2,16,20)(H2,17,21)(H,18,22)(H,24,25)/t7-,8-,9-/m0/s1. The molecule has 1 heterocycles. The Morgan fingerprint density at radius 1 is 1.16 bits per heavy atom. The van der Waals surface area contributed by atoms with Gasteiger partial charge in [-0.05, 0) is 19.3 Å². The highest BCUT2D eigenvalue weighted by Crippen LogP contribution is 2.19. The van der Waals surface area contributed by atoms with Crippen molar-refractivity contribution in [2.45, 2.75) is 50.2 Å². The molecule has 8 N–H and O–H groups in total. The third kappa shape index (κ3) is 6.03. The molecule has 1 fully saturated rings. The summed E-state index contributed by atoms with van der Waals surface area (Å²) in [5, 5.41) is 11.5. The van der Waals surface area contributed by atoms with Crippen molar-refractivity contribution in [3.05, 3.63) is 0 Å². The fraction of sp³-hybridized carbons (Fsp3) is 0.643. The van der Waals surface area contributed by atoms with Gasteiger partial charge in [0.05, 0.1) is 12.5 Å². The highest BCUT2D eigenvalue weighted by molar-refractivity contribution is 5.93. The number of nitrogens with one attached hydrogen (secondary N) is 1. The SMILES string of the molecule is NC(=O)CC[C@H](NC(=O)[C@@H](N)CC(N)=O)C(=O)N1CCC[C@H]1C(=O)O. The van der Waals surface area contributed by atoms with Crippen LogP contribution in [-0.2, 0) is 24.0 Å². The Hall–Kier alpha value is -2.69. The smallest absolute Gasteiger partial charge is 0.326 e. The van der Waals surface area contributed by atoms with Crippen molar-refractivity contribution in [3.8, 4) is 0 Å². The second kappa shape index (κ2) is 8.97. The maximum Gasteiger partial charge on any atom is 0.326 e. The average molecular weight is 357 g/mol. The molecular weight excluding hydrogens is 334 g/mol. The second-order valence-corrected chi connectivity index (χ2v) is 5.87. The van der Waals surface area contributed by atoms with Gasteiger partial charge in [0.2, 0.25) is 23.6 Å². The van der Waals surface area contributed by atoms with Crippen LogP contribution >= 0.6 is 0 Å². The van der Waals surface area contributed by atoms with E-state index in [0.29, 0.717) is 12.8 Å². The van der Waals surface area contributed by atoms with Crippen LogP contribution in [0.15, 0.2) is 0 Å². The molecule has 1 saturated heterocycles. The van der Waals surface area contributed by atoms with E-state index >= 15 is 0 Å². The van der Waals surface area contributed by atoms with E-state index in [2.05, 4.69) is 5.32 Å². The lowest BCUT2D eigenvalue weighted by Gasteiger charge is -2.27. The van der Waals surface area contributed by atoms with Gasteiger partial charge >= 0.3 is 5.97 Å². The molecule has 1 aliphatic heterocycles. The number of rotatable bonds is 9. The van der Waals surface area contributed by atoms with Gasteiger partial charge in [0.15, 0.2) is 0 Å². The maximum absolute atomic E-state index is 12.6. The Kier molecular flexibility index (Phi) is 7.30. The van der Waals surface area contributed by atoms with Crippen molar-refractivity contribution < 1.29 is 29.1 Å². The van der Waals surface area contributed by atoms with E-state index < -0.39 is 54.1 Å². The summed E-state index contributed by atoms with van der Waals surface area (Å²) in [7, 11) is 0. The quantitative estimate of drug-likeness (QED) is 0.289. The van der Waals surface area contributed by atoms with Gasteiger partial charge in [-0.15, -0.1) is 0 Å². The van der Waals surface area contributed by atoms with Gasteiger partial charge < -0.3 is 32.5 Å². The van der Waals surface area contributed by atoms with E-state index in [-0.39, 0.29) is 19.4 Å². The van der Waals surface area contributed by atoms with Crippen molar-refractivity contribution in [1.82, 2.24) is 10.2 Å². The van der Waals surface area contributed by atoms with Crippen LogP contribution in [0.4, 0.5) is 0 Å². The highest BCUT2D eigenvalue weighted by atomic mass is 16.4. The lowest BCUT2D eigenvalue weighted by molar-refractivity contribution is -0.149. The summed E-state index contributed by atoms with van der Waals surface area (Å²) in [6.45, 7) is 0.228. The number of aliphatic carboxylic acids is 1. The summed E-state index contributed by atoms with van der Waals surface area (Å²) >= 11 is 0. The number of carboxylic acid groups (broad SMARTS) is 1. The van der Waals surface area contributed by atoms with E-state index in [1.54, 1.807) is 0 Å². The summed E-state index contributed by atoms with van der Waals surface area (Å²) in [4.78, 5) is 58.8. The number of nitrogens with two attached hydrogens (primary N) is 3. The lowest BCUT2D eigenvalue weighted by Crippen LogP contribution is -2.55. The number of carbonyl (C=O) groups is 5. The van der Waals surface area contributed by atoms with E-state index in [1.807, 2.05) is 0 Å². The van der Waals surface area contributed by atoms with Gasteiger partial charge in [-0.3, -0.25) is 19.2 Å². The number of carbonyl (C=O) groups excluding carboxylic acids is 4. The molecular formula is C14H23N5O6. The van der Waals surface area contributed by atoms with Gasteiger partial charge in [-0.2, -0.15) is 0 Å². The third-order valence-corrected chi connectivity index (χ3v) is 3.87. The summed E-state index contributed by atoms with van der Waals surface area (Å²) < 4.78 is 0. The van der Waals surface area contributed by atoms with E-state index in [9.17, 15) is 29.1 Å². The minimum atomic E-state index is -1.25. The third-order valence-electron chi connectivity index (χ3n) is 3.87.